The topological polar surface area (TPSA) is 52.7 Å². The number of hydrogen-bond donors (Lipinski definition) is 1. The van der Waals surface area contributed by atoms with Crippen LogP contribution in [-0.2, 0) is 16.4 Å². The van der Waals surface area contributed by atoms with Gasteiger partial charge in [-0.15, -0.1) is 0 Å². The Bertz CT molecular complexity index is 1160. The Morgan fingerprint density at radius 1 is 1.00 bits per heavy atom. The molecule has 0 bridgehead atoms. The van der Waals surface area contributed by atoms with E-state index in [1.807, 2.05) is 31.1 Å². The van der Waals surface area contributed by atoms with E-state index in [1.54, 1.807) is 18.2 Å². The van der Waals surface area contributed by atoms with Gasteiger partial charge in [-0.2, -0.15) is 0 Å². The van der Waals surface area contributed by atoms with Crippen LogP contribution in [0.5, 0.6) is 0 Å². The van der Waals surface area contributed by atoms with Gasteiger partial charge in [0.05, 0.1) is 11.1 Å². The number of hydrogen-bond acceptors (Lipinski definition) is 4. The second-order valence-corrected chi connectivity index (χ2v) is 10.00. The van der Waals surface area contributed by atoms with Crippen molar-refractivity contribution in [1.82, 2.24) is 4.72 Å². The van der Waals surface area contributed by atoms with Crippen LogP contribution in [0.15, 0.2) is 77.7 Å². The fourth-order valence-corrected chi connectivity index (χ4v) is 5.57. The van der Waals surface area contributed by atoms with Crippen molar-refractivity contribution in [3.05, 3.63) is 88.9 Å². The van der Waals surface area contributed by atoms with Gasteiger partial charge < -0.3 is 9.80 Å². The summed E-state index contributed by atoms with van der Waals surface area (Å²) in [4.78, 5) is 4.43. The molecule has 1 heterocycles. The van der Waals surface area contributed by atoms with E-state index in [4.69, 9.17) is 11.6 Å². The van der Waals surface area contributed by atoms with Crippen molar-refractivity contribution in [2.45, 2.75) is 17.4 Å². The van der Waals surface area contributed by atoms with Crippen LogP contribution >= 0.6 is 11.6 Å². The summed E-state index contributed by atoms with van der Waals surface area (Å²) in [5.74, 6) is 0. The highest BCUT2D eigenvalue weighted by Gasteiger charge is 2.29. The van der Waals surface area contributed by atoms with Gasteiger partial charge in [0.2, 0.25) is 10.0 Å². The smallest absolute Gasteiger partial charge is 0.242 e. The van der Waals surface area contributed by atoms with Crippen molar-refractivity contribution < 1.29 is 8.42 Å². The third-order valence-corrected chi connectivity index (χ3v) is 7.61. The van der Waals surface area contributed by atoms with Crippen LogP contribution in [0, 0.1) is 0 Å². The molecule has 31 heavy (non-hydrogen) atoms. The van der Waals surface area contributed by atoms with E-state index >= 15 is 0 Å². The van der Waals surface area contributed by atoms with E-state index in [0.29, 0.717) is 0 Å². The van der Waals surface area contributed by atoms with Crippen molar-refractivity contribution in [3.63, 3.8) is 0 Å². The zero-order valence-corrected chi connectivity index (χ0v) is 19.2. The molecule has 5 nitrogen and oxygen atoms in total. The molecule has 0 fully saturated rings. The first-order valence-corrected chi connectivity index (χ1v) is 12.1. The third-order valence-electron chi connectivity index (χ3n) is 5.69. The molecule has 1 atom stereocenters. The number of nitrogens with one attached hydrogen (secondary N) is 1. The Morgan fingerprint density at radius 3 is 2.39 bits per heavy atom. The average molecular weight is 456 g/mol. The minimum absolute atomic E-state index is 0.0974. The summed E-state index contributed by atoms with van der Waals surface area (Å²) < 4.78 is 28.7. The Kier molecular flexibility index (Phi) is 6.23. The Morgan fingerprint density at radius 2 is 1.68 bits per heavy atom. The molecule has 4 rings (SSSR count). The molecule has 3 aromatic rings. The summed E-state index contributed by atoms with van der Waals surface area (Å²) in [6.07, 6.45) is 0.944. The quantitative estimate of drug-likeness (QED) is 0.570. The monoisotopic (exact) mass is 455 g/mol. The first kappa shape index (κ1) is 21.7. The minimum atomic E-state index is -3.74. The summed E-state index contributed by atoms with van der Waals surface area (Å²) in [6, 6.07) is 22.9. The van der Waals surface area contributed by atoms with Gasteiger partial charge in [0.1, 0.15) is 4.90 Å². The Balaban J connectivity index is 1.65. The highest BCUT2D eigenvalue weighted by Crippen LogP contribution is 2.35. The normalized spacial score (nSPS) is 14.4. The number of rotatable bonds is 7. The molecule has 7 heteroatoms. The van der Waals surface area contributed by atoms with Crippen molar-refractivity contribution >= 4 is 33.0 Å². The zero-order valence-electron chi connectivity index (χ0n) is 17.6. The summed E-state index contributed by atoms with van der Waals surface area (Å²) >= 11 is 6.15. The molecule has 0 radical (unpaired) electrons. The molecular weight excluding hydrogens is 430 g/mol. The molecule has 3 aromatic carbocycles. The lowest BCUT2D eigenvalue weighted by atomic mass is 10.0. The first-order valence-electron chi connectivity index (χ1n) is 10.2. The molecule has 0 spiro atoms. The predicted octanol–water partition coefficient (Wildman–Crippen LogP) is 4.49. The van der Waals surface area contributed by atoms with Crippen LogP contribution in [0.3, 0.4) is 0 Å². The Hall–Kier alpha value is -2.54. The summed E-state index contributed by atoms with van der Waals surface area (Å²) in [5.41, 5.74) is 4.60. The van der Waals surface area contributed by atoms with Crippen LogP contribution in [0.25, 0.3) is 0 Å². The SMILES string of the molecule is CN(C)c1ccc(C(CNS(=O)(=O)c2ccccc2Cl)N2CCc3ccccc32)cc1. The van der Waals surface area contributed by atoms with E-state index in [0.717, 1.165) is 29.9 Å². The van der Waals surface area contributed by atoms with Gasteiger partial charge >= 0.3 is 0 Å². The van der Waals surface area contributed by atoms with Crippen molar-refractivity contribution in [2.24, 2.45) is 0 Å². The van der Waals surface area contributed by atoms with E-state index in [2.05, 4.69) is 46.0 Å². The molecule has 0 saturated carbocycles. The highest BCUT2D eigenvalue weighted by atomic mass is 35.5. The Labute approximate surface area is 189 Å². The molecular formula is C24H26ClN3O2S. The molecule has 0 aliphatic carbocycles. The van der Waals surface area contributed by atoms with Crippen LogP contribution < -0.4 is 14.5 Å². The first-order chi connectivity index (χ1) is 14.9. The average Bonchev–Trinajstić information content (AvgIpc) is 3.18. The van der Waals surface area contributed by atoms with Gasteiger partial charge in [0.25, 0.3) is 0 Å². The van der Waals surface area contributed by atoms with Gasteiger partial charge in [-0.3, -0.25) is 0 Å². The van der Waals surface area contributed by atoms with Gasteiger partial charge in [-0.1, -0.05) is 54.1 Å². The van der Waals surface area contributed by atoms with Crippen LogP contribution in [0.2, 0.25) is 5.02 Å². The van der Waals surface area contributed by atoms with E-state index in [9.17, 15) is 8.42 Å². The van der Waals surface area contributed by atoms with Crippen molar-refractivity contribution in [3.8, 4) is 0 Å². The van der Waals surface area contributed by atoms with Crippen LogP contribution in [0.1, 0.15) is 17.2 Å². The van der Waals surface area contributed by atoms with E-state index in [-0.39, 0.29) is 22.5 Å². The van der Waals surface area contributed by atoms with Gasteiger partial charge in [0.15, 0.2) is 0 Å². The van der Waals surface area contributed by atoms with Crippen LogP contribution in [-0.4, -0.2) is 35.6 Å². The number of anilines is 2. The molecule has 1 N–H and O–H groups in total. The number of fused-ring (bicyclic) bond motifs is 1. The minimum Gasteiger partial charge on any atom is -0.378 e. The number of nitrogens with zero attached hydrogens (tertiary/aromatic N) is 2. The predicted molar refractivity (Wildman–Crippen MR) is 128 cm³/mol. The standard InChI is InChI=1S/C24H26ClN3O2S/c1-27(2)20-13-11-19(12-14-20)23(28-16-15-18-7-3-5-9-22(18)28)17-26-31(29,30)24-10-6-4-8-21(24)25/h3-14,23,26H,15-17H2,1-2H3. The molecule has 0 aromatic heterocycles. The van der Waals surface area contributed by atoms with Crippen molar-refractivity contribution in [1.29, 1.82) is 0 Å². The van der Waals surface area contributed by atoms with Crippen LogP contribution in [0.4, 0.5) is 11.4 Å². The van der Waals surface area contributed by atoms with E-state index < -0.39 is 10.0 Å². The summed E-state index contributed by atoms with van der Waals surface area (Å²) in [7, 11) is 0.262. The summed E-state index contributed by atoms with van der Waals surface area (Å²) in [6.45, 7) is 1.08. The van der Waals surface area contributed by atoms with Crippen molar-refractivity contribution in [2.75, 3.05) is 37.0 Å². The molecule has 0 amide bonds. The number of benzene rings is 3. The van der Waals surface area contributed by atoms with Gasteiger partial charge in [-0.05, 0) is 47.9 Å². The number of sulfonamides is 1. The molecule has 1 unspecified atom stereocenters. The van der Waals surface area contributed by atoms with Gasteiger partial charge in [-0.25, -0.2) is 13.1 Å². The second kappa shape index (κ2) is 8.91. The third kappa shape index (κ3) is 4.56. The lowest BCUT2D eigenvalue weighted by Gasteiger charge is -2.31. The maximum atomic E-state index is 13.0. The van der Waals surface area contributed by atoms with E-state index in [1.165, 1.54) is 11.6 Å². The lowest BCUT2D eigenvalue weighted by molar-refractivity contribution is 0.563. The number of halogens is 1. The number of para-hydroxylation sites is 1. The fourth-order valence-electron chi connectivity index (χ4n) is 4.02. The second-order valence-electron chi connectivity index (χ2n) is 7.86. The maximum absolute atomic E-state index is 13.0. The molecule has 0 saturated heterocycles. The molecule has 1 aliphatic heterocycles. The molecule has 1 aliphatic rings. The zero-order chi connectivity index (χ0) is 22.0. The largest absolute Gasteiger partial charge is 0.378 e. The highest BCUT2D eigenvalue weighted by molar-refractivity contribution is 7.89. The van der Waals surface area contributed by atoms with Gasteiger partial charge in [0, 0.05) is 38.6 Å². The fraction of sp³-hybridized carbons (Fsp3) is 0.250. The lowest BCUT2D eigenvalue weighted by Crippen LogP contribution is -2.37. The molecule has 162 valence electrons. The maximum Gasteiger partial charge on any atom is 0.242 e. The summed E-state index contributed by atoms with van der Waals surface area (Å²) in [5, 5.41) is 0.216.